The van der Waals surface area contributed by atoms with Crippen LogP contribution >= 0.6 is 0 Å². The van der Waals surface area contributed by atoms with Gasteiger partial charge in [0.25, 0.3) is 0 Å². The van der Waals surface area contributed by atoms with E-state index in [2.05, 4.69) is 25.2 Å². The first-order valence-electron chi connectivity index (χ1n) is 8.30. The molecule has 1 aromatic carbocycles. The predicted octanol–water partition coefficient (Wildman–Crippen LogP) is 4.79. The minimum atomic E-state index is 0.464. The SMILES string of the molecule is CCCCCCCCCc1c(O)cccc1CNCC. The Balaban J connectivity index is 2.34. The maximum absolute atomic E-state index is 10.0. The van der Waals surface area contributed by atoms with Gasteiger partial charge in [-0.3, -0.25) is 0 Å². The van der Waals surface area contributed by atoms with Gasteiger partial charge in [0.05, 0.1) is 0 Å². The highest BCUT2D eigenvalue weighted by Crippen LogP contribution is 2.23. The van der Waals surface area contributed by atoms with Gasteiger partial charge in [-0.25, -0.2) is 0 Å². The van der Waals surface area contributed by atoms with E-state index in [1.165, 1.54) is 50.5 Å². The summed E-state index contributed by atoms with van der Waals surface area (Å²) in [6.07, 6.45) is 10.2. The second kappa shape index (κ2) is 10.7. The summed E-state index contributed by atoms with van der Waals surface area (Å²) in [6.45, 7) is 6.19. The quantitative estimate of drug-likeness (QED) is 0.570. The van der Waals surface area contributed by atoms with E-state index < -0.39 is 0 Å². The van der Waals surface area contributed by atoms with Crippen LogP contribution in [-0.4, -0.2) is 11.7 Å². The van der Waals surface area contributed by atoms with Gasteiger partial charge in [0, 0.05) is 6.54 Å². The summed E-state index contributed by atoms with van der Waals surface area (Å²) in [5, 5.41) is 13.4. The number of phenols is 1. The number of phenolic OH excluding ortho intramolecular Hbond substituents is 1. The fraction of sp³-hybridized carbons (Fsp3) is 0.667. The van der Waals surface area contributed by atoms with E-state index >= 15 is 0 Å². The van der Waals surface area contributed by atoms with Gasteiger partial charge in [0.2, 0.25) is 0 Å². The molecule has 114 valence electrons. The summed E-state index contributed by atoms with van der Waals surface area (Å²) in [4.78, 5) is 0. The Bertz CT molecular complexity index is 362. The number of nitrogens with one attached hydrogen (secondary N) is 1. The molecule has 2 nitrogen and oxygen atoms in total. The zero-order chi connectivity index (χ0) is 14.6. The fourth-order valence-electron chi connectivity index (χ4n) is 2.59. The standard InChI is InChI=1S/C18H31NO/c1-3-5-6-7-8-9-10-13-17-16(15-19-4-2)12-11-14-18(17)20/h11-12,14,19-20H,3-10,13,15H2,1-2H3. The molecule has 0 amide bonds. The number of benzene rings is 1. The van der Waals surface area contributed by atoms with Crippen molar-refractivity contribution < 1.29 is 5.11 Å². The molecular weight excluding hydrogens is 246 g/mol. The van der Waals surface area contributed by atoms with Crippen LogP contribution in [0, 0.1) is 0 Å². The lowest BCUT2D eigenvalue weighted by Crippen LogP contribution is -2.13. The number of hydrogen-bond donors (Lipinski definition) is 2. The smallest absolute Gasteiger partial charge is 0.119 e. The first kappa shape index (κ1) is 17.0. The van der Waals surface area contributed by atoms with Crippen molar-refractivity contribution in [3.8, 4) is 5.75 Å². The number of aromatic hydroxyl groups is 1. The molecule has 0 aliphatic rings. The number of rotatable bonds is 11. The normalized spacial score (nSPS) is 10.9. The molecule has 1 rings (SSSR count). The van der Waals surface area contributed by atoms with Gasteiger partial charge in [-0.05, 0) is 36.6 Å². The van der Waals surface area contributed by atoms with Crippen molar-refractivity contribution in [2.75, 3.05) is 6.54 Å². The maximum atomic E-state index is 10.0. The zero-order valence-corrected chi connectivity index (χ0v) is 13.3. The van der Waals surface area contributed by atoms with Crippen molar-refractivity contribution in [3.63, 3.8) is 0 Å². The first-order valence-corrected chi connectivity index (χ1v) is 8.30. The topological polar surface area (TPSA) is 32.3 Å². The highest BCUT2D eigenvalue weighted by molar-refractivity contribution is 5.39. The van der Waals surface area contributed by atoms with Crippen LogP contribution in [0.4, 0.5) is 0 Å². The van der Waals surface area contributed by atoms with Crippen LogP contribution in [0.5, 0.6) is 5.75 Å². The Labute approximate surface area is 124 Å². The third-order valence-electron chi connectivity index (χ3n) is 3.84. The third kappa shape index (κ3) is 6.42. The predicted molar refractivity (Wildman–Crippen MR) is 87.2 cm³/mol. The molecule has 20 heavy (non-hydrogen) atoms. The van der Waals surface area contributed by atoms with E-state index in [1.807, 2.05) is 12.1 Å². The van der Waals surface area contributed by atoms with Crippen LogP contribution in [0.15, 0.2) is 18.2 Å². The Morgan fingerprint density at radius 3 is 2.35 bits per heavy atom. The molecule has 2 N–H and O–H groups in total. The second-order valence-corrected chi connectivity index (χ2v) is 5.57. The average molecular weight is 277 g/mol. The van der Waals surface area contributed by atoms with Gasteiger partial charge in [0.1, 0.15) is 5.75 Å². The second-order valence-electron chi connectivity index (χ2n) is 5.57. The summed E-state index contributed by atoms with van der Waals surface area (Å²) in [5.74, 6) is 0.464. The molecule has 2 heteroatoms. The van der Waals surface area contributed by atoms with Crippen LogP contribution in [0.2, 0.25) is 0 Å². The van der Waals surface area contributed by atoms with Crippen LogP contribution in [0.1, 0.15) is 69.9 Å². The minimum absolute atomic E-state index is 0.464. The summed E-state index contributed by atoms with van der Waals surface area (Å²) in [6, 6.07) is 5.88. The zero-order valence-electron chi connectivity index (χ0n) is 13.3. The molecule has 0 saturated heterocycles. The highest BCUT2D eigenvalue weighted by Gasteiger charge is 2.06. The first-order chi connectivity index (χ1) is 9.79. The summed E-state index contributed by atoms with van der Waals surface area (Å²) < 4.78 is 0. The molecule has 0 bridgehead atoms. The van der Waals surface area contributed by atoms with Gasteiger partial charge >= 0.3 is 0 Å². The molecule has 0 spiro atoms. The van der Waals surface area contributed by atoms with E-state index in [4.69, 9.17) is 0 Å². The Morgan fingerprint density at radius 2 is 1.65 bits per heavy atom. The lowest BCUT2D eigenvalue weighted by molar-refractivity contribution is 0.464. The van der Waals surface area contributed by atoms with Crippen molar-refractivity contribution >= 4 is 0 Å². The van der Waals surface area contributed by atoms with Crippen LogP contribution < -0.4 is 5.32 Å². The third-order valence-corrected chi connectivity index (χ3v) is 3.84. The Morgan fingerprint density at radius 1 is 0.950 bits per heavy atom. The van der Waals surface area contributed by atoms with Gasteiger partial charge in [-0.2, -0.15) is 0 Å². The Kier molecular flexibility index (Phi) is 9.14. The maximum Gasteiger partial charge on any atom is 0.119 e. The highest BCUT2D eigenvalue weighted by atomic mass is 16.3. The molecule has 0 unspecified atom stereocenters. The van der Waals surface area contributed by atoms with Crippen LogP contribution in [-0.2, 0) is 13.0 Å². The monoisotopic (exact) mass is 277 g/mol. The van der Waals surface area contributed by atoms with Gasteiger partial charge < -0.3 is 10.4 Å². The van der Waals surface area contributed by atoms with E-state index in [-0.39, 0.29) is 0 Å². The van der Waals surface area contributed by atoms with Crippen molar-refractivity contribution in [2.45, 2.75) is 71.8 Å². The van der Waals surface area contributed by atoms with Gasteiger partial charge in [0.15, 0.2) is 0 Å². The molecule has 0 saturated carbocycles. The molecule has 0 radical (unpaired) electrons. The average Bonchev–Trinajstić information content (AvgIpc) is 2.46. The van der Waals surface area contributed by atoms with Gasteiger partial charge in [-0.15, -0.1) is 0 Å². The van der Waals surface area contributed by atoms with Crippen LogP contribution in [0.25, 0.3) is 0 Å². The van der Waals surface area contributed by atoms with E-state index in [1.54, 1.807) is 0 Å². The van der Waals surface area contributed by atoms with Crippen LogP contribution in [0.3, 0.4) is 0 Å². The molecule has 0 aliphatic heterocycles. The van der Waals surface area contributed by atoms with E-state index in [9.17, 15) is 5.11 Å². The summed E-state index contributed by atoms with van der Waals surface area (Å²) >= 11 is 0. The summed E-state index contributed by atoms with van der Waals surface area (Å²) in [5.41, 5.74) is 2.39. The van der Waals surface area contributed by atoms with E-state index in [0.717, 1.165) is 25.1 Å². The minimum Gasteiger partial charge on any atom is -0.508 e. The van der Waals surface area contributed by atoms with E-state index in [0.29, 0.717) is 5.75 Å². The molecule has 0 aromatic heterocycles. The Hall–Kier alpha value is -1.02. The van der Waals surface area contributed by atoms with Crippen molar-refractivity contribution in [1.29, 1.82) is 0 Å². The number of unbranched alkanes of at least 4 members (excludes halogenated alkanes) is 6. The van der Waals surface area contributed by atoms with Crippen molar-refractivity contribution in [2.24, 2.45) is 0 Å². The fourth-order valence-corrected chi connectivity index (χ4v) is 2.59. The molecule has 0 atom stereocenters. The molecular formula is C18H31NO. The van der Waals surface area contributed by atoms with Crippen molar-refractivity contribution in [1.82, 2.24) is 5.32 Å². The largest absolute Gasteiger partial charge is 0.508 e. The molecule has 0 fully saturated rings. The lowest BCUT2D eigenvalue weighted by Gasteiger charge is -2.12. The summed E-state index contributed by atoms with van der Waals surface area (Å²) in [7, 11) is 0. The van der Waals surface area contributed by atoms with Crippen molar-refractivity contribution in [3.05, 3.63) is 29.3 Å². The lowest BCUT2D eigenvalue weighted by atomic mass is 9.99. The van der Waals surface area contributed by atoms with Gasteiger partial charge in [-0.1, -0.05) is 64.5 Å². The number of hydrogen-bond acceptors (Lipinski definition) is 2. The molecule has 0 heterocycles. The molecule has 1 aromatic rings. The molecule has 0 aliphatic carbocycles.